The van der Waals surface area contributed by atoms with Gasteiger partial charge in [-0.25, -0.2) is 9.78 Å². The summed E-state index contributed by atoms with van der Waals surface area (Å²) in [7, 11) is 0. The van der Waals surface area contributed by atoms with Crippen LogP contribution in [0.4, 0.5) is 5.69 Å². The van der Waals surface area contributed by atoms with Crippen LogP contribution in [0.15, 0.2) is 53.3 Å². The van der Waals surface area contributed by atoms with Gasteiger partial charge < -0.3 is 5.32 Å². The van der Waals surface area contributed by atoms with Crippen LogP contribution in [0.5, 0.6) is 0 Å². The summed E-state index contributed by atoms with van der Waals surface area (Å²) in [5.74, 6) is 0.228. The molecule has 1 amide bonds. The van der Waals surface area contributed by atoms with Gasteiger partial charge in [0.25, 0.3) is 0 Å². The second-order valence-electron chi connectivity index (χ2n) is 6.19. The summed E-state index contributed by atoms with van der Waals surface area (Å²) >= 11 is 0. The van der Waals surface area contributed by atoms with E-state index in [1.54, 1.807) is 13.0 Å². The van der Waals surface area contributed by atoms with Crippen molar-refractivity contribution in [3.05, 3.63) is 70.4 Å². The van der Waals surface area contributed by atoms with E-state index >= 15 is 0 Å². The Bertz CT molecular complexity index is 1190. The van der Waals surface area contributed by atoms with Gasteiger partial charge in [-0.1, -0.05) is 29.8 Å². The predicted octanol–water partition coefficient (Wildman–Crippen LogP) is 2.30. The van der Waals surface area contributed by atoms with Crippen LogP contribution in [-0.4, -0.2) is 25.1 Å². The number of rotatable bonds is 3. The van der Waals surface area contributed by atoms with Crippen molar-refractivity contribution in [3.63, 3.8) is 0 Å². The Balaban J connectivity index is 1.77. The van der Waals surface area contributed by atoms with E-state index in [-0.39, 0.29) is 12.5 Å². The molecule has 0 aliphatic heterocycles. The second-order valence-corrected chi connectivity index (χ2v) is 6.19. The van der Waals surface area contributed by atoms with Crippen LogP contribution < -0.4 is 11.0 Å². The third-order valence-corrected chi connectivity index (χ3v) is 4.20. The van der Waals surface area contributed by atoms with Crippen LogP contribution in [-0.2, 0) is 11.3 Å². The minimum absolute atomic E-state index is 0.109. The van der Waals surface area contributed by atoms with Crippen LogP contribution in [0.2, 0.25) is 0 Å². The lowest BCUT2D eigenvalue weighted by molar-refractivity contribution is -0.116. The summed E-state index contributed by atoms with van der Waals surface area (Å²) < 4.78 is 2.66. The lowest BCUT2D eigenvalue weighted by atomic mass is 10.2. The fraction of sp³-hybridized carbons (Fsp3) is 0.158. The number of carbonyl (C=O) groups excluding carboxylic acids is 1. The number of hydrogen-bond acceptors (Lipinski definition) is 4. The normalized spacial score (nSPS) is 11.2. The largest absolute Gasteiger partial charge is 0.351 e. The highest BCUT2D eigenvalue weighted by Crippen LogP contribution is 2.17. The van der Waals surface area contributed by atoms with E-state index in [1.165, 1.54) is 9.08 Å². The number of benzene rings is 2. The molecule has 1 N–H and O–H groups in total. The second kappa shape index (κ2) is 6.11. The van der Waals surface area contributed by atoms with Crippen molar-refractivity contribution in [2.24, 2.45) is 0 Å². The van der Waals surface area contributed by atoms with Crippen LogP contribution >= 0.6 is 0 Å². The maximum atomic E-state index is 12.8. The van der Waals surface area contributed by atoms with Gasteiger partial charge in [-0.2, -0.15) is 4.52 Å². The standard InChI is InChI=1S/C19H17N5O2/c1-12-7-9-14(10-8-12)21-17(25)11-23-16-6-4-3-5-15(16)18-20-13(2)22-24(18)19(23)26/h3-10H,11H2,1-2H3,(H,21,25). The first-order valence-corrected chi connectivity index (χ1v) is 8.24. The summed E-state index contributed by atoms with van der Waals surface area (Å²) in [6.07, 6.45) is 0. The zero-order valence-corrected chi connectivity index (χ0v) is 14.4. The molecule has 0 radical (unpaired) electrons. The number of nitrogens with zero attached hydrogens (tertiary/aromatic N) is 4. The predicted molar refractivity (Wildman–Crippen MR) is 99.3 cm³/mol. The Hall–Kier alpha value is -3.48. The Morgan fingerprint density at radius 3 is 2.58 bits per heavy atom. The van der Waals surface area contributed by atoms with Crippen molar-refractivity contribution in [3.8, 4) is 0 Å². The van der Waals surface area contributed by atoms with E-state index in [0.717, 1.165) is 10.9 Å². The topological polar surface area (TPSA) is 81.3 Å². The average molecular weight is 347 g/mol. The monoisotopic (exact) mass is 347 g/mol. The molecule has 4 rings (SSSR count). The highest BCUT2D eigenvalue weighted by atomic mass is 16.2. The third-order valence-electron chi connectivity index (χ3n) is 4.20. The van der Waals surface area contributed by atoms with Gasteiger partial charge in [-0.15, -0.1) is 5.10 Å². The molecule has 0 saturated heterocycles. The highest BCUT2D eigenvalue weighted by Gasteiger charge is 2.15. The van der Waals surface area contributed by atoms with Crippen LogP contribution in [0.25, 0.3) is 16.6 Å². The molecular formula is C19H17N5O2. The van der Waals surface area contributed by atoms with Crippen molar-refractivity contribution < 1.29 is 4.79 Å². The molecule has 0 bridgehead atoms. The maximum Gasteiger partial charge on any atom is 0.351 e. The molecule has 130 valence electrons. The molecule has 0 aliphatic rings. The first kappa shape index (κ1) is 16.0. The number of carbonyl (C=O) groups is 1. The number of anilines is 1. The Morgan fingerprint density at radius 2 is 1.81 bits per heavy atom. The van der Waals surface area contributed by atoms with Crippen molar-refractivity contribution in [2.75, 3.05) is 5.32 Å². The van der Waals surface area contributed by atoms with Crippen molar-refractivity contribution in [1.82, 2.24) is 19.2 Å². The molecule has 7 nitrogen and oxygen atoms in total. The fourth-order valence-corrected chi connectivity index (χ4v) is 2.97. The molecule has 2 aromatic heterocycles. The number of aryl methyl sites for hydroxylation is 2. The van der Waals surface area contributed by atoms with Gasteiger partial charge in [0.15, 0.2) is 5.65 Å². The summed E-state index contributed by atoms with van der Waals surface area (Å²) in [6.45, 7) is 3.60. The third kappa shape index (κ3) is 2.73. The Kier molecular flexibility index (Phi) is 3.76. The molecule has 0 spiro atoms. The van der Waals surface area contributed by atoms with Crippen LogP contribution in [0.1, 0.15) is 11.4 Å². The maximum absolute atomic E-state index is 12.8. The molecule has 2 heterocycles. The van der Waals surface area contributed by atoms with Crippen molar-refractivity contribution >= 4 is 28.1 Å². The summed E-state index contributed by atoms with van der Waals surface area (Å²) in [4.78, 5) is 29.7. The zero-order chi connectivity index (χ0) is 18.3. The van der Waals surface area contributed by atoms with Gasteiger partial charge >= 0.3 is 5.69 Å². The molecular weight excluding hydrogens is 330 g/mol. The summed E-state index contributed by atoms with van der Waals surface area (Å²) in [5.41, 5.74) is 2.56. The zero-order valence-electron chi connectivity index (χ0n) is 14.4. The van der Waals surface area contributed by atoms with Crippen molar-refractivity contribution in [2.45, 2.75) is 20.4 Å². The minimum atomic E-state index is -0.390. The van der Waals surface area contributed by atoms with Gasteiger partial charge in [0.2, 0.25) is 5.91 Å². The minimum Gasteiger partial charge on any atom is -0.325 e. The van der Waals surface area contributed by atoms with E-state index < -0.39 is 5.69 Å². The van der Waals surface area contributed by atoms with Gasteiger partial charge in [-0.3, -0.25) is 9.36 Å². The molecule has 2 aromatic carbocycles. The average Bonchev–Trinajstić information content (AvgIpc) is 3.03. The number of para-hydroxylation sites is 1. The first-order valence-electron chi connectivity index (χ1n) is 8.24. The summed E-state index contributed by atoms with van der Waals surface area (Å²) in [6, 6.07) is 14.9. The molecule has 4 aromatic rings. The number of hydrogen-bond donors (Lipinski definition) is 1. The molecule has 7 heteroatoms. The van der Waals surface area contributed by atoms with Gasteiger partial charge in [-0.05, 0) is 38.1 Å². The molecule has 0 saturated carbocycles. The lowest BCUT2D eigenvalue weighted by Gasteiger charge is -2.11. The lowest BCUT2D eigenvalue weighted by Crippen LogP contribution is -2.32. The van der Waals surface area contributed by atoms with E-state index in [9.17, 15) is 9.59 Å². The first-order chi connectivity index (χ1) is 12.5. The Labute approximate surface area is 148 Å². The SMILES string of the molecule is Cc1ccc(NC(=O)Cn2c(=O)n3nc(C)nc3c3ccccc32)cc1. The molecule has 0 fully saturated rings. The van der Waals surface area contributed by atoms with E-state index in [0.29, 0.717) is 22.7 Å². The van der Waals surface area contributed by atoms with Crippen molar-refractivity contribution in [1.29, 1.82) is 0 Å². The van der Waals surface area contributed by atoms with Gasteiger partial charge in [0.05, 0.1) is 5.52 Å². The van der Waals surface area contributed by atoms with Gasteiger partial charge in [0, 0.05) is 11.1 Å². The molecule has 0 aliphatic carbocycles. The molecule has 0 atom stereocenters. The molecule has 26 heavy (non-hydrogen) atoms. The quantitative estimate of drug-likeness (QED) is 0.616. The van der Waals surface area contributed by atoms with Crippen LogP contribution in [0.3, 0.4) is 0 Å². The number of amides is 1. The van der Waals surface area contributed by atoms with Gasteiger partial charge in [0.1, 0.15) is 12.4 Å². The number of aromatic nitrogens is 4. The number of nitrogens with one attached hydrogen (secondary N) is 1. The smallest absolute Gasteiger partial charge is 0.325 e. The Morgan fingerprint density at radius 1 is 1.08 bits per heavy atom. The molecule has 0 unspecified atom stereocenters. The van der Waals surface area contributed by atoms with E-state index in [1.807, 2.05) is 49.4 Å². The fourth-order valence-electron chi connectivity index (χ4n) is 2.97. The van der Waals surface area contributed by atoms with E-state index in [4.69, 9.17) is 0 Å². The summed E-state index contributed by atoms with van der Waals surface area (Å²) in [5, 5.41) is 7.76. The number of fused-ring (bicyclic) bond motifs is 3. The highest BCUT2D eigenvalue weighted by molar-refractivity contribution is 5.94. The van der Waals surface area contributed by atoms with E-state index in [2.05, 4.69) is 15.4 Å². The van der Waals surface area contributed by atoms with Crippen LogP contribution in [0, 0.1) is 13.8 Å².